The van der Waals surface area contributed by atoms with Gasteiger partial charge in [-0.25, -0.2) is 0 Å². The summed E-state index contributed by atoms with van der Waals surface area (Å²) >= 11 is 0. The van der Waals surface area contributed by atoms with Gasteiger partial charge in [-0.05, 0) is 18.5 Å². The Bertz CT molecular complexity index is 274. The summed E-state index contributed by atoms with van der Waals surface area (Å²) in [5.41, 5.74) is 5.46. The molecule has 2 atom stereocenters. The van der Waals surface area contributed by atoms with E-state index in [2.05, 4.69) is 5.10 Å². The summed E-state index contributed by atoms with van der Waals surface area (Å²) < 4.78 is 13.3. The number of aromatic nitrogens is 2. The minimum atomic E-state index is -0.775. The van der Waals surface area contributed by atoms with Crippen molar-refractivity contribution >= 4 is 10.8 Å². The topological polar surface area (TPSA) is 60.9 Å². The molecular formula is C9H17N3OS. The third kappa shape index (κ3) is 4.02. The molecule has 0 fully saturated rings. The van der Waals surface area contributed by atoms with Crippen molar-refractivity contribution in [3.8, 4) is 0 Å². The molecule has 0 aliphatic carbocycles. The minimum absolute atomic E-state index is 0.341. The molecule has 1 aromatic rings. The summed E-state index contributed by atoms with van der Waals surface area (Å²) in [5, 5.41) is 4.05. The Labute approximate surface area is 86.9 Å². The van der Waals surface area contributed by atoms with Crippen LogP contribution in [0.15, 0.2) is 18.5 Å². The first-order valence-electron chi connectivity index (χ1n) is 4.75. The van der Waals surface area contributed by atoms with Gasteiger partial charge in [0.1, 0.15) is 0 Å². The zero-order chi connectivity index (χ0) is 10.4. The van der Waals surface area contributed by atoms with Crippen LogP contribution in [0.2, 0.25) is 0 Å². The summed E-state index contributed by atoms with van der Waals surface area (Å²) in [6.45, 7) is 3.34. The van der Waals surface area contributed by atoms with Gasteiger partial charge in [0.2, 0.25) is 0 Å². The van der Waals surface area contributed by atoms with Crippen LogP contribution in [0.3, 0.4) is 0 Å². The minimum Gasteiger partial charge on any atom is -0.330 e. The van der Waals surface area contributed by atoms with Crippen molar-refractivity contribution in [2.45, 2.75) is 13.5 Å². The van der Waals surface area contributed by atoms with Crippen molar-refractivity contribution in [3.63, 3.8) is 0 Å². The van der Waals surface area contributed by atoms with E-state index in [0.29, 0.717) is 24.0 Å². The lowest BCUT2D eigenvalue weighted by molar-refractivity contribution is 0.623. The molecule has 2 N–H and O–H groups in total. The van der Waals surface area contributed by atoms with Crippen LogP contribution in [-0.4, -0.2) is 32.0 Å². The molecule has 0 bridgehead atoms. The Morgan fingerprint density at radius 1 is 1.64 bits per heavy atom. The van der Waals surface area contributed by atoms with Crippen LogP contribution in [0.5, 0.6) is 0 Å². The van der Waals surface area contributed by atoms with Gasteiger partial charge in [0.05, 0.1) is 6.54 Å². The van der Waals surface area contributed by atoms with Crippen molar-refractivity contribution in [2.75, 3.05) is 18.1 Å². The number of aryl methyl sites for hydroxylation is 1. The van der Waals surface area contributed by atoms with E-state index in [9.17, 15) is 4.21 Å². The first-order valence-corrected chi connectivity index (χ1v) is 6.23. The monoisotopic (exact) mass is 215 g/mol. The average Bonchev–Trinajstić information content (AvgIpc) is 2.67. The third-order valence-electron chi connectivity index (χ3n) is 1.98. The van der Waals surface area contributed by atoms with Gasteiger partial charge in [-0.2, -0.15) is 5.10 Å². The van der Waals surface area contributed by atoms with Gasteiger partial charge >= 0.3 is 0 Å². The molecule has 0 aliphatic heterocycles. The van der Waals surface area contributed by atoms with Crippen LogP contribution >= 0.6 is 0 Å². The average molecular weight is 215 g/mol. The van der Waals surface area contributed by atoms with Crippen molar-refractivity contribution in [1.29, 1.82) is 0 Å². The SMILES string of the molecule is CC(CN)CS(=O)CCn1cccn1. The summed E-state index contributed by atoms with van der Waals surface area (Å²) in [6.07, 6.45) is 3.61. The van der Waals surface area contributed by atoms with Crippen LogP contribution in [0, 0.1) is 5.92 Å². The quantitative estimate of drug-likeness (QED) is 0.739. The number of hydrogen-bond donors (Lipinski definition) is 1. The highest BCUT2D eigenvalue weighted by molar-refractivity contribution is 7.84. The second kappa shape index (κ2) is 5.93. The number of nitrogens with zero attached hydrogens (tertiary/aromatic N) is 2. The molecule has 0 aromatic carbocycles. The van der Waals surface area contributed by atoms with E-state index in [1.165, 1.54) is 0 Å². The van der Waals surface area contributed by atoms with Crippen molar-refractivity contribution in [3.05, 3.63) is 18.5 Å². The van der Waals surface area contributed by atoms with Crippen LogP contribution in [0.4, 0.5) is 0 Å². The number of nitrogens with two attached hydrogens (primary N) is 1. The van der Waals surface area contributed by atoms with Crippen LogP contribution < -0.4 is 5.73 Å². The molecule has 4 nitrogen and oxygen atoms in total. The maximum atomic E-state index is 11.5. The normalized spacial score (nSPS) is 15.3. The van der Waals surface area contributed by atoms with Gasteiger partial charge < -0.3 is 5.73 Å². The van der Waals surface area contributed by atoms with Crippen molar-refractivity contribution in [1.82, 2.24) is 9.78 Å². The van der Waals surface area contributed by atoms with Crippen molar-refractivity contribution in [2.24, 2.45) is 11.7 Å². The zero-order valence-electron chi connectivity index (χ0n) is 8.43. The van der Waals surface area contributed by atoms with E-state index in [-0.39, 0.29) is 0 Å². The predicted molar refractivity (Wildman–Crippen MR) is 58.3 cm³/mol. The Hall–Kier alpha value is -0.680. The lowest BCUT2D eigenvalue weighted by Crippen LogP contribution is -2.20. The summed E-state index contributed by atoms with van der Waals surface area (Å²) in [4.78, 5) is 0. The highest BCUT2D eigenvalue weighted by atomic mass is 32.2. The number of rotatable bonds is 6. The molecule has 14 heavy (non-hydrogen) atoms. The third-order valence-corrected chi connectivity index (χ3v) is 3.56. The second-order valence-corrected chi connectivity index (χ2v) is 5.04. The standard InChI is InChI=1S/C9H17N3OS/c1-9(7-10)8-14(13)6-5-12-4-2-3-11-12/h2-4,9H,5-8,10H2,1H3. The highest BCUT2D eigenvalue weighted by Gasteiger charge is 2.05. The molecule has 1 rings (SSSR count). The molecular weight excluding hydrogens is 198 g/mol. The molecule has 1 heterocycles. The van der Waals surface area contributed by atoms with E-state index in [1.54, 1.807) is 10.9 Å². The fourth-order valence-electron chi connectivity index (χ4n) is 1.10. The molecule has 0 radical (unpaired) electrons. The molecule has 5 heteroatoms. The fourth-order valence-corrected chi connectivity index (χ4v) is 2.42. The van der Waals surface area contributed by atoms with Gasteiger partial charge in [0, 0.05) is 34.7 Å². The highest BCUT2D eigenvalue weighted by Crippen LogP contribution is 1.97. The van der Waals surface area contributed by atoms with Gasteiger partial charge in [-0.15, -0.1) is 0 Å². The fraction of sp³-hybridized carbons (Fsp3) is 0.667. The van der Waals surface area contributed by atoms with E-state index in [1.807, 2.05) is 19.2 Å². The summed E-state index contributed by atoms with van der Waals surface area (Å²) in [6, 6.07) is 1.87. The maximum absolute atomic E-state index is 11.5. The first kappa shape index (κ1) is 11.4. The van der Waals surface area contributed by atoms with E-state index >= 15 is 0 Å². The Morgan fingerprint density at radius 2 is 2.43 bits per heavy atom. The Balaban J connectivity index is 2.22. The van der Waals surface area contributed by atoms with E-state index in [0.717, 1.165) is 6.54 Å². The van der Waals surface area contributed by atoms with Crippen LogP contribution in [0.25, 0.3) is 0 Å². The van der Waals surface area contributed by atoms with Gasteiger partial charge in [-0.3, -0.25) is 8.89 Å². The lowest BCUT2D eigenvalue weighted by Gasteiger charge is -2.07. The largest absolute Gasteiger partial charge is 0.330 e. The molecule has 0 aliphatic rings. The molecule has 80 valence electrons. The number of hydrogen-bond acceptors (Lipinski definition) is 3. The van der Waals surface area contributed by atoms with Crippen LogP contribution in [-0.2, 0) is 17.3 Å². The maximum Gasteiger partial charge on any atom is 0.0524 e. The van der Waals surface area contributed by atoms with E-state index < -0.39 is 10.8 Å². The van der Waals surface area contributed by atoms with Crippen molar-refractivity contribution < 1.29 is 4.21 Å². The molecule has 0 saturated heterocycles. The van der Waals surface area contributed by atoms with Gasteiger partial charge in [-0.1, -0.05) is 6.92 Å². The Kier molecular flexibility index (Phi) is 4.82. The molecule has 1 aromatic heterocycles. The Morgan fingerprint density at radius 3 is 3.00 bits per heavy atom. The summed E-state index contributed by atoms with van der Waals surface area (Å²) in [5.74, 6) is 1.69. The molecule has 2 unspecified atom stereocenters. The smallest absolute Gasteiger partial charge is 0.0524 e. The zero-order valence-corrected chi connectivity index (χ0v) is 9.24. The summed E-state index contributed by atoms with van der Waals surface area (Å²) in [7, 11) is -0.775. The molecule has 0 spiro atoms. The van der Waals surface area contributed by atoms with Gasteiger partial charge in [0.15, 0.2) is 0 Å². The molecule has 0 saturated carbocycles. The lowest BCUT2D eigenvalue weighted by atomic mass is 10.2. The first-order chi connectivity index (χ1) is 6.72. The van der Waals surface area contributed by atoms with E-state index in [4.69, 9.17) is 5.73 Å². The van der Waals surface area contributed by atoms with Gasteiger partial charge in [0.25, 0.3) is 0 Å². The van der Waals surface area contributed by atoms with Crippen LogP contribution in [0.1, 0.15) is 6.92 Å². The second-order valence-electron chi connectivity index (χ2n) is 3.42. The molecule has 0 amide bonds. The predicted octanol–water partition coefficient (Wildman–Crippen LogP) is 0.227.